The van der Waals surface area contributed by atoms with Crippen LogP contribution >= 0.6 is 11.6 Å². The molecular formula is C17H15ClN2O. The minimum Gasteiger partial charge on any atom is -0.504 e. The van der Waals surface area contributed by atoms with E-state index in [1.165, 1.54) is 0 Å². The third-order valence-corrected chi connectivity index (χ3v) is 3.66. The molecule has 2 aromatic carbocycles. The molecule has 0 fully saturated rings. The van der Waals surface area contributed by atoms with E-state index in [0.29, 0.717) is 17.1 Å². The van der Waals surface area contributed by atoms with Crippen molar-refractivity contribution in [2.75, 3.05) is 0 Å². The van der Waals surface area contributed by atoms with Gasteiger partial charge in [-0.1, -0.05) is 41.9 Å². The van der Waals surface area contributed by atoms with Crippen molar-refractivity contribution in [3.8, 4) is 11.4 Å². The number of aryl methyl sites for hydroxylation is 1. The van der Waals surface area contributed by atoms with E-state index in [0.717, 1.165) is 16.9 Å². The average molecular weight is 299 g/mol. The van der Waals surface area contributed by atoms with Crippen LogP contribution in [-0.2, 0) is 6.42 Å². The first-order chi connectivity index (χ1) is 10.1. The molecule has 0 saturated carbocycles. The van der Waals surface area contributed by atoms with Crippen LogP contribution in [0.15, 0.2) is 54.6 Å². The van der Waals surface area contributed by atoms with Crippen LogP contribution in [0.4, 0.5) is 0 Å². The smallest absolute Gasteiger partial charge is 0.160 e. The lowest BCUT2D eigenvalue weighted by molar-refractivity contribution is 0.464. The second kappa shape index (κ2) is 5.62. The molecule has 3 rings (SSSR count). The number of aromatic nitrogens is 2. The van der Waals surface area contributed by atoms with Crippen molar-refractivity contribution >= 4 is 11.6 Å². The van der Waals surface area contributed by atoms with Gasteiger partial charge in [-0.2, -0.15) is 5.10 Å². The van der Waals surface area contributed by atoms with Crippen molar-refractivity contribution in [2.24, 2.45) is 0 Å². The van der Waals surface area contributed by atoms with Gasteiger partial charge in [-0.15, -0.1) is 0 Å². The van der Waals surface area contributed by atoms with E-state index in [9.17, 15) is 5.11 Å². The van der Waals surface area contributed by atoms with Gasteiger partial charge >= 0.3 is 0 Å². The van der Waals surface area contributed by atoms with Crippen LogP contribution in [0.1, 0.15) is 17.0 Å². The lowest BCUT2D eigenvalue weighted by Gasteiger charge is -2.08. The summed E-state index contributed by atoms with van der Waals surface area (Å²) < 4.78 is 1.79. The molecule has 0 aliphatic rings. The van der Waals surface area contributed by atoms with Crippen LogP contribution in [0.5, 0.6) is 5.75 Å². The molecular weight excluding hydrogens is 284 g/mol. The molecule has 0 atom stereocenters. The molecule has 0 unspecified atom stereocenters. The van der Waals surface area contributed by atoms with Gasteiger partial charge in [-0.25, -0.2) is 4.68 Å². The fourth-order valence-corrected chi connectivity index (χ4v) is 2.43. The molecule has 0 aliphatic heterocycles. The maximum atomic E-state index is 10.3. The van der Waals surface area contributed by atoms with E-state index in [-0.39, 0.29) is 5.75 Å². The third kappa shape index (κ3) is 2.78. The van der Waals surface area contributed by atoms with Crippen LogP contribution in [-0.4, -0.2) is 14.9 Å². The highest BCUT2D eigenvalue weighted by Crippen LogP contribution is 2.27. The first-order valence-corrected chi connectivity index (χ1v) is 7.10. The lowest BCUT2D eigenvalue weighted by Crippen LogP contribution is -2.03. The Balaban J connectivity index is 2.03. The molecule has 1 N–H and O–H groups in total. The summed E-state index contributed by atoms with van der Waals surface area (Å²) in [6.07, 6.45) is 0.596. The summed E-state index contributed by atoms with van der Waals surface area (Å²) in [5, 5.41) is 15.4. The molecule has 21 heavy (non-hydrogen) atoms. The number of hydrogen-bond acceptors (Lipinski definition) is 2. The summed E-state index contributed by atoms with van der Waals surface area (Å²) in [6.45, 7) is 1.81. The molecule has 0 amide bonds. The molecule has 1 aromatic heterocycles. The minimum absolute atomic E-state index is 0.244. The van der Waals surface area contributed by atoms with Crippen molar-refractivity contribution in [3.05, 3.63) is 76.6 Å². The summed E-state index contributed by atoms with van der Waals surface area (Å²) in [7, 11) is 0. The zero-order valence-electron chi connectivity index (χ0n) is 11.6. The van der Waals surface area contributed by atoms with Crippen LogP contribution in [0.2, 0.25) is 5.02 Å². The maximum absolute atomic E-state index is 10.3. The van der Waals surface area contributed by atoms with Gasteiger partial charge in [0.05, 0.1) is 11.4 Å². The number of aromatic hydroxyl groups is 1. The topological polar surface area (TPSA) is 38.0 Å². The van der Waals surface area contributed by atoms with Crippen LogP contribution in [0, 0.1) is 6.92 Å². The normalized spacial score (nSPS) is 10.8. The second-order valence-electron chi connectivity index (χ2n) is 4.93. The summed E-state index contributed by atoms with van der Waals surface area (Å²) in [6, 6.07) is 17.4. The van der Waals surface area contributed by atoms with Gasteiger partial charge in [0.1, 0.15) is 5.69 Å². The standard InChI is InChI=1S/C17H15ClN2O/c1-12-17(21)16(11-13-7-9-14(18)10-8-13)20(19-12)15-5-3-2-4-6-15/h2-10,21H,11H2,1H3. The zero-order valence-corrected chi connectivity index (χ0v) is 12.4. The van der Waals surface area contributed by atoms with Gasteiger partial charge < -0.3 is 5.11 Å². The van der Waals surface area contributed by atoms with Gasteiger partial charge in [0.25, 0.3) is 0 Å². The molecule has 3 nitrogen and oxygen atoms in total. The molecule has 106 valence electrons. The number of benzene rings is 2. The van der Waals surface area contributed by atoms with Gasteiger partial charge in [0, 0.05) is 11.4 Å². The Bertz CT molecular complexity index is 748. The van der Waals surface area contributed by atoms with Crippen LogP contribution < -0.4 is 0 Å². The Kier molecular flexibility index (Phi) is 3.67. The molecule has 0 radical (unpaired) electrons. The number of nitrogens with zero attached hydrogens (tertiary/aromatic N) is 2. The number of halogens is 1. The molecule has 3 aromatic rings. The van der Waals surface area contributed by atoms with Crippen molar-refractivity contribution < 1.29 is 5.11 Å². The Morgan fingerprint density at radius 2 is 1.71 bits per heavy atom. The maximum Gasteiger partial charge on any atom is 0.160 e. The first kappa shape index (κ1) is 13.7. The quantitative estimate of drug-likeness (QED) is 0.789. The predicted octanol–water partition coefficient (Wildman–Crippen LogP) is 4.13. The Morgan fingerprint density at radius 1 is 1.05 bits per heavy atom. The van der Waals surface area contributed by atoms with Crippen molar-refractivity contribution in [1.29, 1.82) is 0 Å². The van der Waals surface area contributed by atoms with E-state index in [2.05, 4.69) is 5.10 Å². The van der Waals surface area contributed by atoms with Crippen molar-refractivity contribution in [1.82, 2.24) is 9.78 Å². The summed E-state index contributed by atoms with van der Waals surface area (Å²) in [4.78, 5) is 0. The fourth-order valence-electron chi connectivity index (χ4n) is 2.30. The average Bonchev–Trinajstić information content (AvgIpc) is 2.79. The highest BCUT2D eigenvalue weighted by Gasteiger charge is 2.15. The molecule has 0 aliphatic carbocycles. The second-order valence-corrected chi connectivity index (χ2v) is 5.37. The van der Waals surface area contributed by atoms with Crippen LogP contribution in [0.3, 0.4) is 0 Å². The number of para-hydroxylation sites is 1. The largest absolute Gasteiger partial charge is 0.504 e. The van der Waals surface area contributed by atoms with E-state index >= 15 is 0 Å². The molecule has 1 heterocycles. The first-order valence-electron chi connectivity index (χ1n) is 6.72. The van der Waals surface area contributed by atoms with Crippen LogP contribution in [0.25, 0.3) is 5.69 Å². The zero-order chi connectivity index (χ0) is 14.8. The molecule has 0 saturated heterocycles. The summed E-state index contributed by atoms with van der Waals surface area (Å²) in [5.41, 5.74) is 3.42. The van der Waals surface area contributed by atoms with E-state index in [1.54, 1.807) is 11.6 Å². The molecule has 0 bridgehead atoms. The van der Waals surface area contributed by atoms with E-state index < -0.39 is 0 Å². The lowest BCUT2D eigenvalue weighted by atomic mass is 10.1. The highest BCUT2D eigenvalue weighted by molar-refractivity contribution is 6.30. The summed E-state index contributed by atoms with van der Waals surface area (Å²) >= 11 is 5.91. The monoisotopic (exact) mass is 298 g/mol. The van der Waals surface area contributed by atoms with E-state index in [4.69, 9.17) is 11.6 Å². The van der Waals surface area contributed by atoms with Crippen molar-refractivity contribution in [3.63, 3.8) is 0 Å². The Morgan fingerprint density at radius 3 is 2.38 bits per heavy atom. The minimum atomic E-state index is 0.244. The predicted molar refractivity (Wildman–Crippen MR) is 84.2 cm³/mol. The molecule has 0 spiro atoms. The molecule has 4 heteroatoms. The number of rotatable bonds is 3. The number of hydrogen-bond donors (Lipinski definition) is 1. The van der Waals surface area contributed by atoms with E-state index in [1.807, 2.05) is 54.6 Å². The van der Waals surface area contributed by atoms with Crippen molar-refractivity contribution in [2.45, 2.75) is 13.3 Å². The van der Waals surface area contributed by atoms with Gasteiger partial charge in [-0.3, -0.25) is 0 Å². The van der Waals surface area contributed by atoms with Gasteiger partial charge in [0.15, 0.2) is 5.75 Å². The fraction of sp³-hybridized carbons (Fsp3) is 0.118. The SMILES string of the molecule is Cc1nn(-c2ccccc2)c(Cc2ccc(Cl)cc2)c1O. The third-order valence-electron chi connectivity index (χ3n) is 3.41. The Hall–Kier alpha value is -2.26. The highest BCUT2D eigenvalue weighted by atomic mass is 35.5. The summed E-state index contributed by atoms with van der Waals surface area (Å²) in [5.74, 6) is 0.244. The Labute approximate surface area is 128 Å². The van der Waals surface area contributed by atoms with Gasteiger partial charge in [-0.05, 0) is 36.8 Å². The van der Waals surface area contributed by atoms with Gasteiger partial charge in [0.2, 0.25) is 0 Å².